The number of amides is 4. The molecule has 1 N–H and O–H groups in total. The number of imide groups is 2. The molecular weight excluding hydrogens is 439 g/mol. The molecule has 0 atom stereocenters. The lowest BCUT2D eigenvalue weighted by atomic mass is 10.1. The summed E-state index contributed by atoms with van der Waals surface area (Å²) >= 11 is 12.2. The van der Waals surface area contributed by atoms with Gasteiger partial charge in [0.15, 0.2) is 0 Å². The number of rotatable bonds is 3. The predicted octanol–water partition coefficient (Wildman–Crippen LogP) is 5.54. The highest BCUT2D eigenvalue weighted by atomic mass is 35.5. The molecule has 6 nitrogen and oxygen atoms in total. The Labute approximate surface area is 188 Å². The summed E-state index contributed by atoms with van der Waals surface area (Å²) in [5.74, 6) is -0.864. The first-order chi connectivity index (χ1) is 14.7. The van der Waals surface area contributed by atoms with Gasteiger partial charge in [-0.05, 0) is 73.5 Å². The molecule has 31 heavy (non-hydrogen) atoms. The molecule has 8 heteroatoms. The summed E-state index contributed by atoms with van der Waals surface area (Å²) in [5, 5.41) is 3.13. The Morgan fingerprint density at radius 1 is 0.935 bits per heavy atom. The summed E-state index contributed by atoms with van der Waals surface area (Å²) < 4.78 is 5.76. The quantitative estimate of drug-likeness (QED) is 0.416. The maximum atomic E-state index is 13.0. The molecule has 0 radical (unpaired) electrons. The lowest BCUT2D eigenvalue weighted by Gasteiger charge is -2.26. The van der Waals surface area contributed by atoms with Crippen molar-refractivity contribution >= 4 is 52.8 Å². The fourth-order valence-electron chi connectivity index (χ4n) is 3.38. The van der Waals surface area contributed by atoms with Crippen molar-refractivity contribution in [3.8, 4) is 11.3 Å². The fraction of sp³-hybridized carbons (Fsp3) is 0.0870. The second kappa shape index (κ2) is 8.06. The Balaban J connectivity index is 1.71. The van der Waals surface area contributed by atoms with Gasteiger partial charge in [0.05, 0.1) is 10.7 Å². The van der Waals surface area contributed by atoms with E-state index in [1.807, 2.05) is 19.9 Å². The molecule has 0 bridgehead atoms. The van der Waals surface area contributed by atoms with E-state index in [2.05, 4.69) is 5.32 Å². The highest BCUT2D eigenvalue weighted by Crippen LogP contribution is 2.32. The monoisotopic (exact) mass is 454 g/mol. The van der Waals surface area contributed by atoms with Crippen molar-refractivity contribution in [2.75, 3.05) is 4.90 Å². The minimum atomic E-state index is -0.803. The Morgan fingerprint density at radius 3 is 2.35 bits per heavy atom. The first-order valence-electron chi connectivity index (χ1n) is 9.28. The molecule has 1 fully saturated rings. The Bertz CT molecular complexity index is 1260. The Morgan fingerprint density at radius 2 is 1.65 bits per heavy atom. The van der Waals surface area contributed by atoms with Crippen molar-refractivity contribution < 1.29 is 18.8 Å². The van der Waals surface area contributed by atoms with Crippen LogP contribution >= 0.6 is 23.2 Å². The molecule has 2 heterocycles. The van der Waals surface area contributed by atoms with Gasteiger partial charge >= 0.3 is 6.03 Å². The molecule has 1 aromatic heterocycles. The zero-order valence-corrected chi connectivity index (χ0v) is 18.0. The number of hydrogen-bond donors (Lipinski definition) is 1. The molecule has 1 aliphatic heterocycles. The van der Waals surface area contributed by atoms with Gasteiger partial charge in [-0.1, -0.05) is 29.3 Å². The van der Waals surface area contributed by atoms with Crippen LogP contribution in [0.15, 0.2) is 58.5 Å². The molecule has 1 aliphatic rings. The summed E-state index contributed by atoms with van der Waals surface area (Å²) in [6.45, 7) is 3.71. The fourth-order valence-corrected chi connectivity index (χ4v) is 3.76. The van der Waals surface area contributed by atoms with Crippen LogP contribution in [0.5, 0.6) is 0 Å². The maximum Gasteiger partial charge on any atom is 0.335 e. The second-order valence-electron chi connectivity index (χ2n) is 7.13. The highest BCUT2D eigenvalue weighted by molar-refractivity contribution is 6.39. The van der Waals surface area contributed by atoms with Crippen LogP contribution in [0.25, 0.3) is 17.4 Å². The van der Waals surface area contributed by atoms with Crippen molar-refractivity contribution in [2.24, 2.45) is 0 Å². The first-order valence-corrected chi connectivity index (χ1v) is 10.0. The standard InChI is InChI=1S/C23H16Cl2N2O4/c1-12-7-13(2)9-15(8-12)27-22(29)18(21(28)26-23(27)30)11-16-4-6-20(31-16)17-10-14(24)3-5-19(17)25/h3-11H,1-2H3,(H,26,28,30)/b18-11+. The van der Waals surface area contributed by atoms with Gasteiger partial charge in [0.2, 0.25) is 0 Å². The summed E-state index contributed by atoms with van der Waals surface area (Å²) in [7, 11) is 0. The van der Waals surface area contributed by atoms with Crippen molar-refractivity contribution in [1.82, 2.24) is 5.32 Å². The topological polar surface area (TPSA) is 79.6 Å². The van der Waals surface area contributed by atoms with E-state index in [-0.39, 0.29) is 11.3 Å². The first kappa shape index (κ1) is 20.9. The van der Waals surface area contributed by atoms with Gasteiger partial charge in [-0.2, -0.15) is 0 Å². The van der Waals surface area contributed by atoms with E-state index in [0.29, 0.717) is 27.1 Å². The van der Waals surface area contributed by atoms with Crippen LogP contribution in [0.1, 0.15) is 16.9 Å². The van der Waals surface area contributed by atoms with Gasteiger partial charge in [-0.3, -0.25) is 14.9 Å². The van der Waals surface area contributed by atoms with Gasteiger partial charge in [-0.25, -0.2) is 9.69 Å². The molecule has 2 aromatic carbocycles. The Kier molecular flexibility index (Phi) is 5.43. The summed E-state index contributed by atoms with van der Waals surface area (Å²) in [6.07, 6.45) is 1.29. The molecular formula is C23H16Cl2N2O4. The zero-order chi connectivity index (χ0) is 22.3. The van der Waals surface area contributed by atoms with Gasteiger partial charge in [0.25, 0.3) is 11.8 Å². The van der Waals surface area contributed by atoms with Gasteiger partial charge in [-0.15, -0.1) is 0 Å². The number of carbonyl (C=O) groups is 3. The average Bonchev–Trinajstić information content (AvgIpc) is 3.14. The van der Waals surface area contributed by atoms with E-state index in [4.69, 9.17) is 27.6 Å². The van der Waals surface area contributed by atoms with Crippen molar-refractivity contribution in [3.63, 3.8) is 0 Å². The number of aryl methyl sites for hydroxylation is 2. The number of anilines is 1. The average molecular weight is 455 g/mol. The van der Waals surface area contributed by atoms with Crippen LogP contribution in [0.4, 0.5) is 10.5 Å². The zero-order valence-electron chi connectivity index (χ0n) is 16.5. The lowest BCUT2D eigenvalue weighted by molar-refractivity contribution is -0.122. The largest absolute Gasteiger partial charge is 0.457 e. The second-order valence-corrected chi connectivity index (χ2v) is 7.97. The Hall–Kier alpha value is -3.35. The number of nitrogens with zero attached hydrogens (tertiary/aromatic N) is 1. The molecule has 0 saturated carbocycles. The third-order valence-corrected chi connectivity index (χ3v) is 5.24. The summed E-state index contributed by atoms with van der Waals surface area (Å²) in [6, 6.07) is 12.7. The number of nitrogens with one attached hydrogen (secondary N) is 1. The molecule has 4 rings (SSSR count). The van der Waals surface area contributed by atoms with Crippen LogP contribution < -0.4 is 10.2 Å². The molecule has 4 amide bonds. The summed E-state index contributed by atoms with van der Waals surface area (Å²) in [5.41, 5.74) is 2.49. The maximum absolute atomic E-state index is 13.0. The lowest BCUT2D eigenvalue weighted by Crippen LogP contribution is -2.54. The van der Waals surface area contributed by atoms with Gasteiger partial charge in [0, 0.05) is 10.6 Å². The number of hydrogen-bond acceptors (Lipinski definition) is 4. The molecule has 3 aromatic rings. The predicted molar refractivity (Wildman–Crippen MR) is 119 cm³/mol. The minimum absolute atomic E-state index is 0.225. The van der Waals surface area contributed by atoms with Crippen LogP contribution in [-0.4, -0.2) is 17.8 Å². The number of barbiturate groups is 1. The van der Waals surface area contributed by atoms with E-state index < -0.39 is 17.8 Å². The molecule has 0 unspecified atom stereocenters. The van der Waals surface area contributed by atoms with Gasteiger partial charge in [0.1, 0.15) is 17.1 Å². The number of urea groups is 1. The molecule has 0 spiro atoms. The van der Waals surface area contributed by atoms with Crippen LogP contribution in [0.2, 0.25) is 10.0 Å². The molecule has 1 saturated heterocycles. The highest BCUT2D eigenvalue weighted by Gasteiger charge is 2.37. The van der Waals surface area contributed by atoms with E-state index in [0.717, 1.165) is 16.0 Å². The van der Waals surface area contributed by atoms with Crippen molar-refractivity contribution in [2.45, 2.75) is 13.8 Å². The van der Waals surface area contributed by atoms with Crippen LogP contribution in [0, 0.1) is 13.8 Å². The number of benzene rings is 2. The number of furan rings is 1. The third kappa shape index (κ3) is 4.13. The van der Waals surface area contributed by atoms with Crippen LogP contribution in [0.3, 0.4) is 0 Å². The van der Waals surface area contributed by atoms with Gasteiger partial charge < -0.3 is 4.42 Å². The van der Waals surface area contributed by atoms with E-state index in [1.54, 1.807) is 42.5 Å². The number of carbonyl (C=O) groups excluding carboxylic acids is 3. The van der Waals surface area contributed by atoms with Crippen molar-refractivity contribution in [1.29, 1.82) is 0 Å². The van der Waals surface area contributed by atoms with E-state index >= 15 is 0 Å². The smallest absolute Gasteiger partial charge is 0.335 e. The summed E-state index contributed by atoms with van der Waals surface area (Å²) in [4.78, 5) is 38.7. The van der Waals surface area contributed by atoms with Crippen LogP contribution in [-0.2, 0) is 9.59 Å². The third-order valence-electron chi connectivity index (χ3n) is 4.67. The van der Waals surface area contributed by atoms with E-state index in [9.17, 15) is 14.4 Å². The SMILES string of the molecule is Cc1cc(C)cc(N2C(=O)NC(=O)/C(=C\c3ccc(-c4cc(Cl)ccc4Cl)o3)C2=O)c1. The normalized spacial score (nSPS) is 15.5. The number of halogens is 2. The van der Waals surface area contributed by atoms with Crippen molar-refractivity contribution in [3.05, 3.63) is 81.0 Å². The molecule has 156 valence electrons. The van der Waals surface area contributed by atoms with E-state index in [1.165, 1.54) is 6.08 Å². The molecule has 0 aliphatic carbocycles. The minimum Gasteiger partial charge on any atom is -0.457 e.